The maximum Gasteiger partial charge on any atom is 0.344 e. The molecule has 226 valence electrons. The van der Waals surface area contributed by atoms with Crippen molar-refractivity contribution in [2.24, 2.45) is 0 Å². The number of hydrogen-bond donors (Lipinski definition) is 1. The molecule has 10 heteroatoms. The standard InChI is InChI=1S/C33H36N2O7S/c1-5-35(6-2)27-14-13-26-21-28(32(36)42-29(26)22-27)30(24-11-9-23(4)10-12-24)31(33(37)41-7-3)25-15-18-34(19-16-25)17-8-20-43(38,39)40/h9-16,18-19,21-22H,5-8,17,20H2,1-4H3/p+1. The van der Waals surface area contributed by atoms with E-state index in [1.807, 2.05) is 49.4 Å². The summed E-state index contributed by atoms with van der Waals surface area (Å²) >= 11 is 0. The molecule has 0 fully saturated rings. The van der Waals surface area contributed by atoms with E-state index in [0.29, 0.717) is 34.2 Å². The molecule has 0 radical (unpaired) electrons. The molecule has 0 amide bonds. The number of carbonyl (C=O) groups excluding carboxylic acids is 1. The number of esters is 1. The summed E-state index contributed by atoms with van der Waals surface area (Å²) in [6.45, 7) is 9.89. The molecule has 2 aromatic heterocycles. The Morgan fingerprint density at radius 2 is 1.63 bits per heavy atom. The predicted octanol–water partition coefficient (Wildman–Crippen LogP) is 5.04. The molecule has 0 aliphatic rings. The van der Waals surface area contributed by atoms with Gasteiger partial charge < -0.3 is 14.1 Å². The molecule has 4 rings (SSSR count). The Labute approximate surface area is 251 Å². The smallest absolute Gasteiger partial charge is 0.344 e. The number of ether oxygens (including phenoxy) is 1. The molecule has 0 aliphatic heterocycles. The van der Waals surface area contributed by atoms with Crippen LogP contribution in [0.3, 0.4) is 0 Å². The van der Waals surface area contributed by atoms with Crippen molar-refractivity contribution in [3.8, 4) is 0 Å². The Balaban J connectivity index is 1.92. The summed E-state index contributed by atoms with van der Waals surface area (Å²) in [5.74, 6) is -0.958. The van der Waals surface area contributed by atoms with Crippen LogP contribution in [0.2, 0.25) is 0 Å². The summed E-state index contributed by atoms with van der Waals surface area (Å²) in [4.78, 5) is 29.4. The number of rotatable bonds is 12. The highest BCUT2D eigenvalue weighted by molar-refractivity contribution is 7.85. The summed E-state index contributed by atoms with van der Waals surface area (Å²) in [6.07, 6.45) is 3.64. The zero-order valence-electron chi connectivity index (χ0n) is 24.9. The van der Waals surface area contributed by atoms with Gasteiger partial charge in [-0.25, -0.2) is 14.2 Å². The third-order valence-electron chi connectivity index (χ3n) is 7.19. The minimum absolute atomic E-state index is 0.131. The summed E-state index contributed by atoms with van der Waals surface area (Å²) in [7, 11) is -4.06. The van der Waals surface area contributed by atoms with Crippen molar-refractivity contribution in [2.75, 3.05) is 30.3 Å². The number of hydrogen-bond acceptors (Lipinski definition) is 7. The Morgan fingerprint density at radius 1 is 0.953 bits per heavy atom. The highest BCUT2D eigenvalue weighted by Gasteiger charge is 2.25. The largest absolute Gasteiger partial charge is 0.462 e. The molecular weight excluding hydrogens is 568 g/mol. The van der Waals surface area contributed by atoms with Crippen LogP contribution in [-0.2, 0) is 26.2 Å². The summed E-state index contributed by atoms with van der Waals surface area (Å²) in [6, 6.07) is 18.5. The van der Waals surface area contributed by atoms with Gasteiger partial charge in [0.2, 0.25) is 0 Å². The Bertz CT molecular complexity index is 1790. The Hall–Kier alpha value is -4.28. The monoisotopic (exact) mass is 605 g/mol. The van der Waals surface area contributed by atoms with Gasteiger partial charge in [0.25, 0.3) is 10.1 Å². The van der Waals surface area contributed by atoms with Gasteiger partial charge in [-0.05, 0) is 51.5 Å². The first-order valence-corrected chi connectivity index (χ1v) is 15.9. The lowest BCUT2D eigenvalue weighted by Crippen LogP contribution is -2.33. The summed E-state index contributed by atoms with van der Waals surface area (Å²) in [5.41, 5.74) is 3.78. The van der Waals surface area contributed by atoms with Gasteiger partial charge in [0.1, 0.15) is 12.1 Å². The summed E-state index contributed by atoms with van der Waals surface area (Å²) < 4.78 is 44.4. The summed E-state index contributed by atoms with van der Waals surface area (Å²) in [5, 5.41) is 0.711. The van der Waals surface area contributed by atoms with E-state index in [-0.39, 0.29) is 29.9 Å². The van der Waals surface area contributed by atoms with E-state index in [0.717, 1.165) is 24.3 Å². The van der Waals surface area contributed by atoms with Crippen molar-refractivity contribution in [3.05, 3.63) is 106 Å². The second-order valence-corrected chi connectivity index (χ2v) is 11.7. The number of nitrogens with zero attached hydrogens (tertiary/aromatic N) is 2. The molecule has 0 saturated heterocycles. The lowest BCUT2D eigenvalue weighted by Gasteiger charge is -2.21. The zero-order valence-corrected chi connectivity index (χ0v) is 25.7. The molecule has 0 bridgehead atoms. The fraction of sp³-hybridized carbons (Fsp3) is 0.303. The fourth-order valence-corrected chi connectivity index (χ4v) is 5.48. The highest BCUT2D eigenvalue weighted by Crippen LogP contribution is 2.34. The van der Waals surface area contributed by atoms with E-state index < -0.39 is 21.7 Å². The molecule has 0 atom stereocenters. The average molecular weight is 606 g/mol. The SMILES string of the molecule is CCOC(=O)/C(=C(/c1ccc(C)cc1)c1cc2ccc(N(CC)CC)cc2oc1=O)c1cc[n+](CCCS(=O)(=O)O)cc1. The van der Waals surface area contributed by atoms with Gasteiger partial charge in [-0.2, -0.15) is 8.42 Å². The van der Waals surface area contributed by atoms with Crippen molar-refractivity contribution in [2.45, 2.75) is 40.7 Å². The molecule has 4 aromatic rings. The van der Waals surface area contributed by atoms with Crippen LogP contribution in [0, 0.1) is 6.92 Å². The maximum atomic E-state index is 13.7. The van der Waals surface area contributed by atoms with Crippen LogP contribution in [0.4, 0.5) is 5.69 Å². The second kappa shape index (κ2) is 13.8. The lowest BCUT2D eigenvalue weighted by molar-refractivity contribution is -0.696. The number of aryl methyl sites for hydroxylation is 2. The van der Waals surface area contributed by atoms with Gasteiger partial charge in [0.15, 0.2) is 12.4 Å². The predicted molar refractivity (Wildman–Crippen MR) is 167 cm³/mol. The molecule has 0 aliphatic carbocycles. The van der Waals surface area contributed by atoms with Gasteiger partial charge in [0, 0.05) is 59.9 Å². The van der Waals surface area contributed by atoms with Crippen LogP contribution in [0.5, 0.6) is 0 Å². The first-order valence-electron chi connectivity index (χ1n) is 14.3. The number of fused-ring (bicyclic) bond motifs is 1. The molecular formula is C33H37N2O7S+. The minimum Gasteiger partial charge on any atom is -0.462 e. The zero-order chi connectivity index (χ0) is 31.1. The molecule has 2 aromatic carbocycles. The van der Waals surface area contributed by atoms with Gasteiger partial charge >= 0.3 is 11.6 Å². The molecule has 2 heterocycles. The lowest BCUT2D eigenvalue weighted by atomic mass is 9.89. The average Bonchev–Trinajstić information content (AvgIpc) is 2.97. The van der Waals surface area contributed by atoms with Crippen LogP contribution in [-0.4, -0.2) is 44.4 Å². The number of carbonyl (C=O) groups is 1. The Kier molecular flexibility index (Phi) is 10.2. The molecule has 1 N–H and O–H groups in total. The van der Waals surface area contributed by atoms with Crippen LogP contribution in [0.1, 0.15) is 49.4 Å². The van der Waals surface area contributed by atoms with Crippen molar-refractivity contribution < 1.29 is 31.5 Å². The van der Waals surface area contributed by atoms with E-state index in [2.05, 4.69) is 18.7 Å². The van der Waals surface area contributed by atoms with E-state index in [9.17, 15) is 18.0 Å². The van der Waals surface area contributed by atoms with E-state index in [4.69, 9.17) is 13.7 Å². The fourth-order valence-electron chi connectivity index (χ4n) is 4.98. The van der Waals surface area contributed by atoms with Gasteiger partial charge in [-0.1, -0.05) is 29.8 Å². The number of aromatic nitrogens is 1. The molecule has 9 nitrogen and oxygen atoms in total. The van der Waals surface area contributed by atoms with Gasteiger partial charge in [-0.3, -0.25) is 4.55 Å². The van der Waals surface area contributed by atoms with Crippen LogP contribution in [0.25, 0.3) is 22.1 Å². The van der Waals surface area contributed by atoms with E-state index >= 15 is 0 Å². The van der Waals surface area contributed by atoms with Crippen LogP contribution < -0.4 is 15.1 Å². The van der Waals surface area contributed by atoms with Crippen molar-refractivity contribution in [1.82, 2.24) is 0 Å². The van der Waals surface area contributed by atoms with Gasteiger partial charge in [-0.15, -0.1) is 0 Å². The molecule has 43 heavy (non-hydrogen) atoms. The van der Waals surface area contributed by atoms with Crippen LogP contribution >= 0.6 is 0 Å². The normalized spacial score (nSPS) is 12.2. The van der Waals surface area contributed by atoms with Crippen molar-refractivity contribution in [3.63, 3.8) is 0 Å². The third-order valence-corrected chi connectivity index (χ3v) is 7.99. The molecule has 0 unspecified atom stereocenters. The highest BCUT2D eigenvalue weighted by atomic mass is 32.2. The topological polar surface area (TPSA) is 118 Å². The second-order valence-electron chi connectivity index (χ2n) is 10.1. The quantitative estimate of drug-likeness (QED) is 0.0785. The van der Waals surface area contributed by atoms with Crippen molar-refractivity contribution >= 4 is 43.9 Å². The molecule has 0 saturated carbocycles. The third kappa shape index (κ3) is 7.77. The van der Waals surface area contributed by atoms with Crippen LogP contribution in [0.15, 0.2) is 82.3 Å². The van der Waals surface area contributed by atoms with E-state index in [1.54, 1.807) is 42.1 Å². The number of anilines is 1. The number of pyridine rings is 1. The molecule has 0 spiro atoms. The minimum atomic E-state index is -4.06. The first-order chi connectivity index (χ1) is 20.5. The van der Waals surface area contributed by atoms with Crippen molar-refractivity contribution in [1.29, 1.82) is 0 Å². The number of benzene rings is 2. The first kappa shape index (κ1) is 31.7. The van der Waals surface area contributed by atoms with E-state index in [1.165, 1.54) is 0 Å². The Morgan fingerprint density at radius 3 is 2.23 bits per heavy atom. The van der Waals surface area contributed by atoms with Gasteiger partial charge in [0.05, 0.1) is 23.5 Å². The maximum absolute atomic E-state index is 13.7.